The Kier molecular flexibility index (Phi) is 10.8. The van der Waals surface area contributed by atoms with E-state index in [0.29, 0.717) is 5.41 Å². The van der Waals surface area contributed by atoms with Crippen LogP contribution in [0.4, 0.5) is 11.4 Å². The van der Waals surface area contributed by atoms with Gasteiger partial charge in [-0.3, -0.25) is 14.2 Å². The van der Waals surface area contributed by atoms with Crippen LogP contribution < -0.4 is 13.4 Å². The van der Waals surface area contributed by atoms with Crippen molar-refractivity contribution in [1.82, 2.24) is 14.8 Å². The molecule has 0 spiro atoms. The smallest absolute Gasteiger partial charge is 0.179 e. The van der Waals surface area contributed by atoms with Crippen molar-refractivity contribution < 1.29 is 4.18 Å². The largest absolute Gasteiger partial charge is 0.405 e. The molecule has 46 heavy (non-hydrogen) atoms. The highest BCUT2D eigenvalue weighted by Crippen LogP contribution is 2.53. The molecule has 0 N–H and O–H groups in total. The fraction of sp³-hybridized carbons (Fsp3) is 0.553. The van der Waals surface area contributed by atoms with Crippen molar-refractivity contribution in [2.75, 3.05) is 62.1 Å². The molecule has 4 aliphatic rings. The molecule has 0 radical (unpaired) electrons. The van der Waals surface area contributed by atoms with Gasteiger partial charge in [0.05, 0.1) is 5.69 Å². The van der Waals surface area contributed by atoms with Crippen LogP contribution in [0.2, 0.25) is 0 Å². The van der Waals surface area contributed by atoms with Gasteiger partial charge in [-0.1, -0.05) is 44.0 Å². The number of rotatable bonds is 10. The average Bonchev–Trinajstić information content (AvgIpc) is 3.61. The Morgan fingerprint density at radius 2 is 1.65 bits per heavy atom. The topological polar surface area (TPSA) is 35.1 Å². The van der Waals surface area contributed by atoms with Crippen LogP contribution in [0.5, 0.6) is 5.75 Å². The summed E-state index contributed by atoms with van der Waals surface area (Å²) in [4.78, 5) is 12.3. The Labute approximate surface area is 288 Å². The number of likely N-dealkylation sites (tertiary alicyclic amines) is 1. The lowest BCUT2D eigenvalue weighted by molar-refractivity contribution is 0.0359. The number of aryl methyl sites for hydroxylation is 1. The van der Waals surface area contributed by atoms with Crippen molar-refractivity contribution in [2.45, 2.75) is 64.3 Å². The molecule has 3 aromatic rings. The number of benzene rings is 2. The molecule has 2 saturated heterocycles. The predicted molar refractivity (Wildman–Crippen MR) is 198 cm³/mol. The fourth-order valence-electron chi connectivity index (χ4n) is 9.12. The van der Waals surface area contributed by atoms with Crippen LogP contribution in [0.1, 0.15) is 62.1 Å². The molecule has 6 nitrogen and oxygen atoms in total. The first-order chi connectivity index (χ1) is 22.0. The standard InChI is InChI=1S/C38H51N5OS.H2S/c1-4-41-27-31-9-5-8-12-36(31)38(28-41,32-10-6-7-11-32)33-18-21-42(22-19-33)24-30-25-43(26-30)34-13-15-35(16-14-34)44-45-40(3)37-17-20-39-23-29(37)2;/h5,8-9,12-17,20,23,30,32-33H,4,6-7,10-11,18-19,21-22,24-28H2,1-3H3;1H2. The van der Waals surface area contributed by atoms with E-state index in [-0.39, 0.29) is 13.5 Å². The van der Waals surface area contributed by atoms with E-state index in [1.165, 1.54) is 82.6 Å². The number of hydrogen-bond acceptors (Lipinski definition) is 7. The van der Waals surface area contributed by atoms with Gasteiger partial charge in [-0.15, -0.1) is 0 Å². The molecule has 248 valence electrons. The Balaban J connectivity index is 0.00000372. The minimum Gasteiger partial charge on any atom is -0.405 e. The molecule has 0 bridgehead atoms. The molecule has 0 amide bonds. The molecule has 1 unspecified atom stereocenters. The van der Waals surface area contributed by atoms with Gasteiger partial charge in [0.1, 0.15) is 5.75 Å². The van der Waals surface area contributed by atoms with E-state index in [0.717, 1.165) is 60.9 Å². The van der Waals surface area contributed by atoms with Crippen molar-refractivity contribution >= 4 is 37.1 Å². The van der Waals surface area contributed by atoms with Crippen LogP contribution in [-0.4, -0.2) is 67.6 Å². The zero-order chi connectivity index (χ0) is 30.8. The lowest BCUT2D eigenvalue weighted by Crippen LogP contribution is -2.57. The van der Waals surface area contributed by atoms with Crippen molar-refractivity contribution in [1.29, 1.82) is 0 Å². The van der Waals surface area contributed by atoms with Crippen LogP contribution in [0.15, 0.2) is 67.0 Å². The normalized spacial score (nSPS) is 23.1. The quantitative estimate of drug-likeness (QED) is 0.163. The van der Waals surface area contributed by atoms with Gasteiger partial charge < -0.3 is 14.0 Å². The van der Waals surface area contributed by atoms with Crippen LogP contribution in [0.25, 0.3) is 0 Å². The zero-order valence-corrected chi connectivity index (χ0v) is 29.9. The van der Waals surface area contributed by atoms with Gasteiger partial charge in [-0.25, -0.2) is 0 Å². The molecule has 4 heterocycles. The summed E-state index contributed by atoms with van der Waals surface area (Å²) in [5, 5.41) is 0. The number of nitrogens with zero attached hydrogens (tertiary/aromatic N) is 5. The van der Waals surface area contributed by atoms with E-state index in [1.54, 1.807) is 11.1 Å². The first kappa shape index (κ1) is 33.5. The molecular weight excluding hydrogens is 607 g/mol. The highest BCUT2D eigenvalue weighted by molar-refractivity contribution is 7.96. The lowest BCUT2D eigenvalue weighted by Gasteiger charge is -2.54. The summed E-state index contributed by atoms with van der Waals surface area (Å²) in [5.41, 5.74) is 7.23. The lowest BCUT2D eigenvalue weighted by atomic mass is 9.57. The summed E-state index contributed by atoms with van der Waals surface area (Å²) in [6.07, 6.45) is 12.1. The van der Waals surface area contributed by atoms with E-state index < -0.39 is 0 Å². The van der Waals surface area contributed by atoms with Crippen molar-refractivity contribution in [3.05, 3.63) is 83.7 Å². The molecule has 2 aromatic carbocycles. The van der Waals surface area contributed by atoms with E-state index >= 15 is 0 Å². The Bertz CT molecular complexity index is 1420. The first-order valence-electron chi connectivity index (χ1n) is 17.4. The third kappa shape index (κ3) is 6.78. The Morgan fingerprint density at radius 1 is 0.935 bits per heavy atom. The van der Waals surface area contributed by atoms with Crippen LogP contribution >= 0.6 is 25.7 Å². The minimum absolute atomic E-state index is 0. The second-order valence-corrected chi connectivity index (χ2v) is 15.0. The Morgan fingerprint density at radius 3 is 2.37 bits per heavy atom. The van der Waals surface area contributed by atoms with Gasteiger partial charge in [0.15, 0.2) is 12.2 Å². The van der Waals surface area contributed by atoms with Crippen LogP contribution in [0, 0.1) is 24.7 Å². The third-order valence-corrected chi connectivity index (χ3v) is 12.2. The van der Waals surface area contributed by atoms with Gasteiger partial charge in [0.25, 0.3) is 0 Å². The summed E-state index contributed by atoms with van der Waals surface area (Å²) in [7, 11) is 2.02. The number of hydrogen-bond donors (Lipinski definition) is 0. The van der Waals surface area contributed by atoms with Gasteiger partial charge in [-0.05, 0) is 111 Å². The molecular formula is C38H53N5OS2. The van der Waals surface area contributed by atoms with E-state index in [2.05, 4.69) is 82.1 Å². The van der Waals surface area contributed by atoms with E-state index in [9.17, 15) is 0 Å². The highest BCUT2D eigenvalue weighted by Gasteiger charge is 2.51. The molecule has 1 atom stereocenters. The van der Waals surface area contributed by atoms with E-state index in [4.69, 9.17) is 4.18 Å². The maximum atomic E-state index is 6.00. The van der Waals surface area contributed by atoms with Crippen molar-refractivity contribution in [3.63, 3.8) is 0 Å². The fourth-order valence-corrected chi connectivity index (χ4v) is 9.72. The monoisotopic (exact) mass is 659 g/mol. The molecule has 8 heteroatoms. The predicted octanol–water partition coefficient (Wildman–Crippen LogP) is 7.69. The second-order valence-electron chi connectivity index (χ2n) is 14.1. The molecule has 1 aliphatic carbocycles. The summed E-state index contributed by atoms with van der Waals surface area (Å²) in [5.74, 6) is 3.30. The summed E-state index contributed by atoms with van der Waals surface area (Å²) < 4.78 is 8.04. The molecule has 1 saturated carbocycles. The zero-order valence-electron chi connectivity index (χ0n) is 28.0. The van der Waals surface area contributed by atoms with Gasteiger partial charge >= 0.3 is 0 Å². The molecule has 1 aromatic heterocycles. The first-order valence-corrected chi connectivity index (χ1v) is 18.1. The maximum absolute atomic E-state index is 6.00. The Hall–Kier alpha value is -2.39. The number of pyridine rings is 1. The maximum Gasteiger partial charge on any atom is 0.179 e. The number of fused-ring (bicyclic) bond motifs is 1. The molecule has 7 rings (SSSR count). The SMILES string of the molecule is CCN1Cc2ccccc2C(C2CCCC2)(C2CCN(CC3CN(c4ccc(OSN(C)c5ccncc5C)cc4)C3)CC2)C1.S. The van der Waals surface area contributed by atoms with Gasteiger partial charge in [-0.2, -0.15) is 13.5 Å². The molecule has 3 fully saturated rings. The van der Waals surface area contributed by atoms with Gasteiger partial charge in [0.2, 0.25) is 0 Å². The summed E-state index contributed by atoms with van der Waals surface area (Å²) in [6, 6.07) is 20.2. The third-order valence-electron chi connectivity index (χ3n) is 11.5. The van der Waals surface area contributed by atoms with E-state index in [1.807, 2.05) is 29.8 Å². The number of likely N-dealkylation sites (N-methyl/N-ethyl adjacent to an activating group) is 1. The van der Waals surface area contributed by atoms with Crippen LogP contribution in [0.3, 0.4) is 0 Å². The molecule has 3 aliphatic heterocycles. The summed E-state index contributed by atoms with van der Waals surface area (Å²) >= 11 is 1.35. The summed E-state index contributed by atoms with van der Waals surface area (Å²) in [6.45, 7) is 14.1. The highest BCUT2D eigenvalue weighted by atomic mass is 32.2. The van der Waals surface area contributed by atoms with Crippen molar-refractivity contribution in [3.8, 4) is 5.75 Å². The average molecular weight is 660 g/mol. The minimum atomic E-state index is 0. The number of anilines is 2. The second kappa shape index (κ2) is 14.8. The van der Waals surface area contributed by atoms with Crippen molar-refractivity contribution in [2.24, 2.45) is 17.8 Å². The van der Waals surface area contributed by atoms with Crippen LogP contribution in [-0.2, 0) is 12.0 Å². The van der Waals surface area contributed by atoms with Gasteiger partial charge in [0, 0.05) is 69.2 Å². The number of piperidine rings is 1. The number of aromatic nitrogens is 1.